The number of carbonyl (C=O) groups is 2. The van der Waals surface area contributed by atoms with Gasteiger partial charge in [-0.3, -0.25) is 4.79 Å². The highest BCUT2D eigenvalue weighted by Crippen LogP contribution is 2.29. The fourth-order valence-electron chi connectivity index (χ4n) is 1.65. The van der Waals surface area contributed by atoms with Gasteiger partial charge >= 0.3 is 12.1 Å². The Kier molecular flexibility index (Phi) is 5.12. The summed E-state index contributed by atoms with van der Waals surface area (Å²) in [7, 11) is 1.17. The minimum absolute atomic E-state index is 0.0599. The first-order valence-corrected chi connectivity index (χ1v) is 5.75. The van der Waals surface area contributed by atoms with Crippen molar-refractivity contribution in [1.82, 2.24) is 5.32 Å². The van der Waals surface area contributed by atoms with E-state index in [2.05, 4.69) is 10.1 Å². The van der Waals surface area contributed by atoms with Gasteiger partial charge in [0.1, 0.15) is 6.04 Å². The summed E-state index contributed by atoms with van der Waals surface area (Å²) in [6.07, 6.45) is -4.34. The van der Waals surface area contributed by atoms with Crippen molar-refractivity contribution >= 4 is 11.9 Å². The van der Waals surface area contributed by atoms with E-state index in [-0.39, 0.29) is 6.42 Å². The average molecular weight is 289 g/mol. The van der Waals surface area contributed by atoms with Gasteiger partial charge < -0.3 is 10.1 Å². The number of rotatable bonds is 4. The van der Waals surface area contributed by atoms with Crippen LogP contribution < -0.4 is 5.32 Å². The van der Waals surface area contributed by atoms with Gasteiger partial charge in [-0.2, -0.15) is 13.2 Å². The Morgan fingerprint density at radius 2 is 1.80 bits per heavy atom. The number of halogens is 3. The van der Waals surface area contributed by atoms with Gasteiger partial charge in [0.05, 0.1) is 12.7 Å². The molecular formula is C13H14F3NO3. The molecular weight excluding hydrogens is 275 g/mol. The predicted octanol–water partition coefficient (Wildman–Crippen LogP) is 1.93. The first kappa shape index (κ1) is 16.0. The predicted molar refractivity (Wildman–Crippen MR) is 64.8 cm³/mol. The van der Waals surface area contributed by atoms with E-state index in [1.54, 1.807) is 0 Å². The standard InChI is InChI=1S/C13H14F3NO3/c1-8(18)17-11(12(19)20-2)7-9-3-5-10(6-4-9)13(14,15)16/h3-6,11H,7H2,1-2H3,(H,17,18)/t11-/m1/s1. The molecule has 0 aliphatic rings. The van der Waals surface area contributed by atoms with Crippen molar-refractivity contribution in [1.29, 1.82) is 0 Å². The van der Waals surface area contributed by atoms with Crippen molar-refractivity contribution in [2.45, 2.75) is 25.6 Å². The topological polar surface area (TPSA) is 55.4 Å². The molecule has 0 radical (unpaired) electrons. The van der Waals surface area contributed by atoms with Gasteiger partial charge in [0.15, 0.2) is 0 Å². The molecule has 0 spiro atoms. The summed E-state index contributed by atoms with van der Waals surface area (Å²) in [6, 6.07) is 3.46. The fraction of sp³-hybridized carbons (Fsp3) is 0.385. The van der Waals surface area contributed by atoms with E-state index < -0.39 is 29.7 Å². The molecule has 0 aromatic heterocycles. The van der Waals surface area contributed by atoms with Crippen LogP contribution in [-0.4, -0.2) is 25.0 Å². The van der Waals surface area contributed by atoms with E-state index in [0.29, 0.717) is 5.56 Å². The molecule has 1 atom stereocenters. The van der Waals surface area contributed by atoms with Gasteiger partial charge in [0.2, 0.25) is 5.91 Å². The number of methoxy groups -OCH3 is 1. The first-order chi connectivity index (χ1) is 9.24. The highest BCUT2D eigenvalue weighted by molar-refractivity contribution is 5.83. The van der Waals surface area contributed by atoms with Crippen molar-refractivity contribution in [3.8, 4) is 0 Å². The van der Waals surface area contributed by atoms with Crippen molar-refractivity contribution in [2.75, 3.05) is 7.11 Å². The van der Waals surface area contributed by atoms with Crippen molar-refractivity contribution < 1.29 is 27.5 Å². The molecule has 1 aromatic rings. The largest absolute Gasteiger partial charge is 0.467 e. The van der Waals surface area contributed by atoms with Gasteiger partial charge in [-0.15, -0.1) is 0 Å². The molecule has 0 heterocycles. The lowest BCUT2D eigenvalue weighted by atomic mass is 10.0. The second kappa shape index (κ2) is 6.40. The van der Waals surface area contributed by atoms with E-state index in [1.165, 1.54) is 26.2 Å². The quantitative estimate of drug-likeness (QED) is 0.862. The van der Waals surface area contributed by atoms with E-state index >= 15 is 0 Å². The molecule has 0 saturated heterocycles. The third-order valence-electron chi connectivity index (χ3n) is 2.58. The summed E-state index contributed by atoms with van der Waals surface area (Å²) in [5, 5.41) is 2.39. The number of ether oxygens (including phenoxy) is 1. The Hall–Kier alpha value is -2.05. The lowest BCUT2D eigenvalue weighted by molar-refractivity contribution is -0.144. The zero-order valence-electron chi connectivity index (χ0n) is 11.0. The van der Waals surface area contributed by atoms with E-state index in [1.807, 2.05) is 0 Å². The number of amides is 1. The molecule has 0 saturated carbocycles. The van der Waals surface area contributed by atoms with Crippen LogP contribution in [0.25, 0.3) is 0 Å². The summed E-state index contributed by atoms with van der Waals surface area (Å²) in [6.45, 7) is 1.24. The molecule has 1 N–H and O–H groups in total. The first-order valence-electron chi connectivity index (χ1n) is 5.75. The van der Waals surface area contributed by atoms with Gasteiger partial charge in [0, 0.05) is 13.3 Å². The monoisotopic (exact) mass is 289 g/mol. The van der Waals surface area contributed by atoms with Crippen LogP contribution in [0.3, 0.4) is 0 Å². The fourth-order valence-corrected chi connectivity index (χ4v) is 1.65. The van der Waals surface area contributed by atoms with Gasteiger partial charge in [0.25, 0.3) is 0 Å². The number of alkyl halides is 3. The van der Waals surface area contributed by atoms with Crippen molar-refractivity contribution in [3.63, 3.8) is 0 Å². The molecule has 1 amide bonds. The highest BCUT2D eigenvalue weighted by Gasteiger charge is 2.30. The second-order valence-electron chi connectivity index (χ2n) is 4.18. The second-order valence-corrected chi connectivity index (χ2v) is 4.18. The zero-order chi connectivity index (χ0) is 15.3. The Morgan fingerprint density at radius 3 is 2.20 bits per heavy atom. The molecule has 0 bridgehead atoms. The summed E-state index contributed by atoms with van der Waals surface area (Å²) in [5.74, 6) is -1.08. The third-order valence-corrected chi connectivity index (χ3v) is 2.58. The van der Waals surface area contributed by atoms with Crippen LogP contribution in [0.5, 0.6) is 0 Å². The Bertz CT molecular complexity index is 483. The minimum atomic E-state index is -4.40. The molecule has 0 fully saturated rings. The molecule has 110 valence electrons. The Labute approximate surface area is 113 Å². The maximum absolute atomic E-state index is 12.4. The van der Waals surface area contributed by atoms with E-state index in [9.17, 15) is 22.8 Å². The zero-order valence-corrected chi connectivity index (χ0v) is 11.0. The molecule has 20 heavy (non-hydrogen) atoms. The molecule has 0 aliphatic heterocycles. The van der Waals surface area contributed by atoms with Gasteiger partial charge in [-0.25, -0.2) is 4.79 Å². The smallest absolute Gasteiger partial charge is 0.416 e. The number of nitrogens with one attached hydrogen (secondary N) is 1. The Balaban J connectivity index is 2.83. The Morgan fingerprint density at radius 1 is 1.25 bits per heavy atom. The van der Waals surface area contributed by atoms with Gasteiger partial charge in [-0.1, -0.05) is 12.1 Å². The minimum Gasteiger partial charge on any atom is -0.467 e. The van der Waals surface area contributed by atoms with Crippen LogP contribution in [0.15, 0.2) is 24.3 Å². The van der Waals surface area contributed by atoms with E-state index in [0.717, 1.165) is 12.1 Å². The van der Waals surface area contributed by atoms with Crippen molar-refractivity contribution in [2.24, 2.45) is 0 Å². The SMILES string of the molecule is COC(=O)[C@@H](Cc1ccc(C(F)(F)F)cc1)NC(C)=O. The maximum atomic E-state index is 12.4. The molecule has 1 rings (SSSR count). The molecule has 0 unspecified atom stereocenters. The van der Waals surface area contributed by atoms with E-state index in [4.69, 9.17) is 0 Å². The number of hydrogen-bond acceptors (Lipinski definition) is 3. The maximum Gasteiger partial charge on any atom is 0.416 e. The average Bonchev–Trinajstić information content (AvgIpc) is 2.36. The molecule has 0 aliphatic carbocycles. The third kappa shape index (κ3) is 4.56. The summed E-state index contributed by atoms with van der Waals surface area (Å²) in [5.41, 5.74) is -0.280. The summed E-state index contributed by atoms with van der Waals surface area (Å²) < 4.78 is 41.7. The summed E-state index contributed by atoms with van der Waals surface area (Å²) >= 11 is 0. The van der Waals surface area contributed by atoms with Crippen molar-refractivity contribution in [3.05, 3.63) is 35.4 Å². The molecule has 1 aromatic carbocycles. The number of hydrogen-bond donors (Lipinski definition) is 1. The number of carbonyl (C=O) groups excluding carboxylic acids is 2. The van der Waals surface area contributed by atoms with Crippen LogP contribution in [0.2, 0.25) is 0 Å². The number of benzene rings is 1. The van der Waals surface area contributed by atoms with Crippen LogP contribution >= 0.6 is 0 Å². The van der Waals surface area contributed by atoms with Crippen LogP contribution in [-0.2, 0) is 26.9 Å². The highest BCUT2D eigenvalue weighted by atomic mass is 19.4. The van der Waals surface area contributed by atoms with Crippen LogP contribution in [0.4, 0.5) is 13.2 Å². The molecule has 7 heteroatoms. The lowest BCUT2D eigenvalue weighted by Gasteiger charge is -2.16. The normalized spacial score (nSPS) is 12.7. The lowest BCUT2D eigenvalue weighted by Crippen LogP contribution is -2.41. The summed E-state index contributed by atoms with van der Waals surface area (Å²) in [4.78, 5) is 22.4. The molecule has 4 nitrogen and oxygen atoms in total. The van der Waals surface area contributed by atoms with Gasteiger partial charge in [-0.05, 0) is 17.7 Å². The number of esters is 1. The van der Waals surface area contributed by atoms with Crippen LogP contribution in [0, 0.1) is 0 Å². The van der Waals surface area contributed by atoms with Crippen LogP contribution in [0.1, 0.15) is 18.1 Å².